The molecule has 0 aliphatic carbocycles. The molecule has 1 aliphatic rings. The topological polar surface area (TPSA) is 40.2 Å². The Morgan fingerprint density at radius 3 is 2.72 bits per heavy atom. The number of nitrogens with one attached hydrogen (secondary N) is 2. The van der Waals surface area contributed by atoms with Crippen molar-refractivity contribution in [3.05, 3.63) is 36.5 Å². The standard InChI is InChI=1S/C21H26F4N4/c1-4-9-26-19-11-15-14(20(28-19)13(2)21(23,24)25)6-5-7-17(15)27-18-8-10-29(3)12-16(18)22/h5-7,11,16,18,27H,2,4,8-10,12H2,1,3H3,(H,26,28). The average molecular weight is 410 g/mol. The minimum absolute atomic E-state index is 0.211. The highest BCUT2D eigenvalue weighted by Gasteiger charge is 2.35. The van der Waals surface area contributed by atoms with Crippen LogP contribution < -0.4 is 10.6 Å². The number of aromatic nitrogens is 1. The van der Waals surface area contributed by atoms with Crippen LogP contribution in [0.5, 0.6) is 0 Å². The van der Waals surface area contributed by atoms with E-state index >= 15 is 0 Å². The highest BCUT2D eigenvalue weighted by Crippen LogP contribution is 2.38. The molecule has 2 unspecified atom stereocenters. The zero-order valence-corrected chi connectivity index (χ0v) is 16.6. The van der Waals surface area contributed by atoms with Crippen molar-refractivity contribution >= 4 is 27.9 Å². The van der Waals surface area contributed by atoms with Crippen molar-refractivity contribution in [1.82, 2.24) is 9.88 Å². The fraction of sp³-hybridized carbons (Fsp3) is 0.476. The van der Waals surface area contributed by atoms with Gasteiger partial charge in [0, 0.05) is 36.1 Å². The van der Waals surface area contributed by atoms with Gasteiger partial charge in [-0.25, -0.2) is 9.37 Å². The number of alkyl halides is 4. The Labute approximate surface area is 168 Å². The number of anilines is 2. The Balaban J connectivity index is 2.06. The molecule has 1 fully saturated rings. The summed E-state index contributed by atoms with van der Waals surface area (Å²) in [6.45, 7) is 6.84. The monoisotopic (exact) mass is 410 g/mol. The molecular formula is C21H26F4N4. The maximum absolute atomic E-state index is 14.5. The molecule has 8 heteroatoms. The van der Waals surface area contributed by atoms with Gasteiger partial charge in [0.05, 0.1) is 17.3 Å². The number of hydrogen-bond acceptors (Lipinski definition) is 4. The molecule has 2 aromatic rings. The van der Waals surface area contributed by atoms with E-state index in [9.17, 15) is 17.6 Å². The van der Waals surface area contributed by atoms with Crippen molar-refractivity contribution in [2.75, 3.05) is 37.3 Å². The summed E-state index contributed by atoms with van der Waals surface area (Å²) in [5.41, 5.74) is -0.613. The lowest BCUT2D eigenvalue weighted by atomic mass is 10.00. The lowest BCUT2D eigenvalue weighted by Crippen LogP contribution is -2.46. The van der Waals surface area contributed by atoms with Crippen molar-refractivity contribution in [2.24, 2.45) is 0 Å². The number of benzene rings is 1. The minimum atomic E-state index is -4.59. The molecule has 0 bridgehead atoms. The summed E-state index contributed by atoms with van der Waals surface area (Å²) < 4.78 is 54.6. The van der Waals surface area contributed by atoms with Crippen LogP contribution in [0.1, 0.15) is 25.5 Å². The molecule has 158 valence electrons. The van der Waals surface area contributed by atoms with Gasteiger partial charge in [0.2, 0.25) is 0 Å². The van der Waals surface area contributed by atoms with E-state index in [0.29, 0.717) is 41.8 Å². The molecule has 1 aliphatic heterocycles. The van der Waals surface area contributed by atoms with E-state index in [4.69, 9.17) is 0 Å². The fourth-order valence-corrected chi connectivity index (χ4v) is 3.53. The summed E-state index contributed by atoms with van der Waals surface area (Å²) in [4.78, 5) is 6.10. The van der Waals surface area contributed by atoms with Crippen molar-refractivity contribution in [2.45, 2.75) is 38.2 Å². The largest absolute Gasteiger partial charge is 0.417 e. The van der Waals surface area contributed by atoms with Gasteiger partial charge in [-0.05, 0) is 32.0 Å². The van der Waals surface area contributed by atoms with Crippen LogP contribution in [0.3, 0.4) is 0 Å². The molecule has 0 radical (unpaired) electrons. The second-order valence-corrected chi connectivity index (χ2v) is 7.48. The Hall–Kier alpha value is -2.35. The number of likely N-dealkylation sites (tertiary alicyclic amines) is 1. The molecule has 29 heavy (non-hydrogen) atoms. The zero-order valence-electron chi connectivity index (χ0n) is 16.6. The van der Waals surface area contributed by atoms with Crippen molar-refractivity contribution in [1.29, 1.82) is 0 Å². The Kier molecular flexibility index (Phi) is 6.31. The van der Waals surface area contributed by atoms with Crippen LogP contribution in [0, 0.1) is 0 Å². The number of allylic oxidation sites excluding steroid dienone is 1. The van der Waals surface area contributed by atoms with Gasteiger partial charge < -0.3 is 15.5 Å². The van der Waals surface area contributed by atoms with E-state index < -0.39 is 24.0 Å². The Morgan fingerprint density at radius 2 is 2.07 bits per heavy atom. The molecule has 2 atom stereocenters. The summed E-state index contributed by atoms with van der Waals surface area (Å²) in [5, 5.41) is 7.16. The third kappa shape index (κ3) is 4.80. The van der Waals surface area contributed by atoms with Gasteiger partial charge in [0.25, 0.3) is 0 Å². The minimum Gasteiger partial charge on any atom is -0.379 e. The maximum Gasteiger partial charge on any atom is 0.417 e. The predicted molar refractivity (Wildman–Crippen MR) is 110 cm³/mol. The van der Waals surface area contributed by atoms with Crippen LogP contribution in [-0.4, -0.2) is 55.0 Å². The maximum atomic E-state index is 14.5. The van der Waals surface area contributed by atoms with Gasteiger partial charge in [-0.15, -0.1) is 0 Å². The van der Waals surface area contributed by atoms with Crippen molar-refractivity contribution < 1.29 is 17.6 Å². The lowest BCUT2D eigenvalue weighted by molar-refractivity contribution is -0.0688. The zero-order chi connectivity index (χ0) is 21.2. The molecule has 3 rings (SSSR count). The van der Waals surface area contributed by atoms with Gasteiger partial charge in [-0.2, -0.15) is 13.2 Å². The van der Waals surface area contributed by atoms with E-state index in [0.717, 1.165) is 13.0 Å². The number of halogens is 4. The number of rotatable bonds is 6. The summed E-state index contributed by atoms with van der Waals surface area (Å²) in [7, 11) is 1.87. The SMILES string of the molecule is C=C(c1nc(NCCC)cc2c(NC3CCN(C)CC3F)cccc12)C(F)(F)F. The van der Waals surface area contributed by atoms with Crippen LogP contribution >= 0.6 is 0 Å². The van der Waals surface area contributed by atoms with E-state index in [1.807, 2.05) is 18.9 Å². The van der Waals surface area contributed by atoms with E-state index in [1.54, 1.807) is 24.3 Å². The first-order valence-corrected chi connectivity index (χ1v) is 9.74. The Bertz CT molecular complexity index is 881. The molecule has 1 saturated heterocycles. The van der Waals surface area contributed by atoms with Crippen LogP contribution in [0.15, 0.2) is 30.8 Å². The molecule has 4 nitrogen and oxygen atoms in total. The fourth-order valence-electron chi connectivity index (χ4n) is 3.53. The lowest BCUT2D eigenvalue weighted by Gasteiger charge is -2.33. The molecule has 2 N–H and O–H groups in total. The second kappa shape index (κ2) is 8.57. The molecular weight excluding hydrogens is 384 g/mol. The average Bonchev–Trinajstić information content (AvgIpc) is 2.67. The van der Waals surface area contributed by atoms with Crippen molar-refractivity contribution in [3.8, 4) is 0 Å². The molecule has 0 saturated carbocycles. The number of fused-ring (bicyclic) bond motifs is 1. The smallest absolute Gasteiger partial charge is 0.379 e. The number of piperidine rings is 1. The molecule has 2 heterocycles. The second-order valence-electron chi connectivity index (χ2n) is 7.48. The quantitative estimate of drug-likeness (QED) is 0.651. The first kappa shape index (κ1) is 21.4. The van der Waals surface area contributed by atoms with E-state index in [2.05, 4.69) is 22.2 Å². The first-order chi connectivity index (χ1) is 13.7. The third-order valence-electron chi connectivity index (χ3n) is 5.14. The van der Waals surface area contributed by atoms with Gasteiger partial charge in [0.1, 0.15) is 12.0 Å². The van der Waals surface area contributed by atoms with Crippen LogP contribution in [0.25, 0.3) is 16.3 Å². The molecule has 1 aromatic heterocycles. The highest BCUT2D eigenvalue weighted by molar-refractivity contribution is 6.01. The number of pyridine rings is 1. The van der Waals surface area contributed by atoms with E-state index in [-0.39, 0.29) is 5.69 Å². The van der Waals surface area contributed by atoms with Gasteiger partial charge >= 0.3 is 6.18 Å². The molecule has 0 amide bonds. The highest BCUT2D eigenvalue weighted by atomic mass is 19.4. The summed E-state index contributed by atoms with van der Waals surface area (Å²) in [6, 6.07) is 6.32. The normalized spacial score (nSPS) is 20.6. The predicted octanol–water partition coefficient (Wildman–Crippen LogP) is 5.09. The number of hydrogen-bond donors (Lipinski definition) is 2. The molecule has 1 aromatic carbocycles. The molecule has 0 spiro atoms. The Morgan fingerprint density at radius 1 is 1.31 bits per heavy atom. The van der Waals surface area contributed by atoms with Crippen LogP contribution in [0.4, 0.5) is 29.1 Å². The van der Waals surface area contributed by atoms with Gasteiger partial charge in [-0.1, -0.05) is 25.6 Å². The van der Waals surface area contributed by atoms with E-state index in [1.165, 1.54) is 0 Å². The van der Waals surface area contributed by atoms with Crippen molar-refractivity contribution in [3.63, 3.8) is 0 Å². The number of nitrogens with zero attached hydrogens (tertiary/aromatic N) is 2. The van der Waals surface area contributed by atoms with Crippen LogP contribution in [-0.2, 0) is 0 Å². The summed E-state index contributed by atoms with van der Waals surface area (Å²) >= 11 is 0. The first-order valence-electron chi connectivity index (χ1n) is 9.74. The van der Waals surface area contributed by atoms with Gasteiger partial charge in [-0.3, -0.25) is 0 Å². The van der Waals surface area contributed by atoms with Crippen LogP contribution in [0.2, 0.25) is 0 Å². The third-order valence-corrected chi connectivity index (χ3v) is 5.14. The summed E-state index contributed by atoms with van der Waals surface area (Å²) in [6.07, 6.45) is -4.24. The summed E-state index contributed by atoms with van der Waals surface area (Å²) in [5.74, 6) is 0.342. The van der Waals surface area contributed by atoms with Gasteiger partial charge in [0.15, 0.2) is 0 Å².